The first-order valence-electron chi connectivity index (χ1n) is 6.88. The molecule has 2 nitrogen and oxygen atoms in total. The van der Waals surface area contributed by atoms with E-state index in [0.29, 0.717) is 12.0 Å². The van der Waals surface area contributed by atoms with Gasteiger partial charge < -0.3 is 0 Å². The third-order valence-electron chi connectivity index (χ3n) is 3.98. The van der Waals surface area contributed by atoms with Gasteiger partial charge in [0.1, 0.15) is 0 Å². The number of benzene rings is 1. The van der Waals surface area contributed by atoms with Crippen molar-refractivity contribution >= 4 is 0 Å². The molecular formula is C15H24N2. The van der Waals surface area contributed by atoms with Crippen LogP contribution < -0.4 is 11.3 Å². The topological polar surface area (TPSA) is 38.0 Å². The quantitative estimate of drug-likeness (QED) is 0.449. The Labute approximate surface area is 105 Å². The molecule has 1 unspecified atom stereocenters. The summed E-state index contributed by atoms with van der Waals surface area (Å²) in [7, 11) is 0. The fraction of sp³-hybridized carbons (Fsp3) is 0.600. The van der Waals surface area contributed by atoms with Crippen LogP contribution in [-0.2, 0) is 12.8 Å². The van der Waals surface area contributed by atoms with Gasteiger partial charge in [0.25, 0.3) is 0 Å². The summed E-state index contributed by atoms with van der Waals surface area (Å²) in [5.74, 6) is 6.41. The zero-order valence-corrected chi connectivity index (χ0v) is 10.8. The molecule has 0 spiro atoms. The number of hydrogen-bond donors (Lipinski definition) is 2. The molecule has 0 radical (unpaired) electrons. The normalized spacial score (nSPS) is 17.1. The first-order chi connectivity index (χ1) is 8.35. The van der Waals surface area contributed by atoms with E-state index in [4.69, 9.17) is 5.84 Å². The van der Waals surface area contributed by atoms with Crippen LogP contribution in [-0.4, -0.2) is 6.04 Å². The summed E-state index contributed by atoms with van der Waals surface area (Å²) in [6, 6.07) is 9.28. The third-order valence-corrected chi connectivity index (χ3v) is 3.98. The van der Waals surface area contributed by atoms with E-state index in [1.807, 2.05) is 0 Å². The van der Waals surface area contributed by atoms with Crippen LogP contribution in [0.2, 0.25) is 0 Å². The number of rotatable bonds is 6. The third kappa shape index (κ3) is 3.08. The second kappa shape index (κ2) is 6.18. The van der Waals surface area contributed by atoms with E-state index in [-0.39, 0.29) is 0 Å². The molecule has 1 aromatic carbocycles. The summed E-state index contributed by atoms with van der Waals surface area (Å²) in [5.41, 5.74) is 6.08. The highest BCUT2D eigenvalue weighted by atomic mass is 15.2. The average Bonchev–Trinajstić information content (AvgIpc) is 2.78. The smallest absolute Gasteiger partial charge is 0.0245 e. The molecule has 3 N–H and O–H groups in total. The van der Waals surface area contributed by atoms with Crippen LogP contribution in [0.1, 0.15) is 43.7 Å². The molecule has 1 aromatic rings. The molecular weight excluding hydrogens is 208 g/mol. The number of nitrogens with two attached hydrogens (primary N) is 1. The minimum Gasteiger partial charge on any atom is -0.271 e. The SMILES string of the molecule is CCCCCC(NN)C1Cc2ccccc2C1. The van der Waals surface area contributed by atoms with Crippen molar-refractivity contribution in [1.29, 1.82) is 0 Å². The van der Waals surface area contributed by atoms with Crippen molar-refractivity contribution in [3.63, 3.8) is 0 Å². The van der Waals surface area contributed by atoms with Gasteiger partial charge in [-0.15, -0.1) is 0 Å². The molecule has 94 valence electrons. The van der Waals surface area contributed by atoms with Crippen LogP contribution in [0.3, 0.4) is 0 Å². The van der Waals surface area contributed by atoms with E-state index in [2.05, 4.69) is 36.6 Å². The Hall–Kier alpha value is -0.860. The van der Waals surface area contributed by atoms with Crippen LogP contribution in [0.25, 0.3) is 0 Å². The summed E-state index contributed by atoms with van der Waals surface area (Å²) in [6.45, 7) is 2.25. The van der Waals surface area contributed by atoms with E-state index < -0.39 is 0 Å². The highest BCUT2D eigenvalue weighted by Crippen LogP contribution is 2.30. The lowest BCUT2D eigenvalue weighted by Gasteiger charge is -2.22. The largest absolute Gasteiger partial charge is 0.271 e. The van der Waals surface area contributed by atoms with Crippen molar-refractivity contribution in [3.8, 4) is 0 Å². The van der Waals surface area contributed by atoms with Crippen LogP contribution in [0.15, 0.2) is 24.3 Å². The molecule has 1 aliphatic rings. The van der Waals surface area contributed by atoms with Gasteiger partial charge in [-0.2, -0.15) is 0 Å². The lowest BCUT2D eigenvalue weighted by molar-refractivity contribution is 0.340. The number of unbranched alkanes of at least 4 members (excludes halogenated alkanes) is 2. The predicted octanol–water partition coefficient (Wildman–Crippen LogP) is 2.81. The monoisotopic (exact) mass is 232 g/mol. The minimum absolute atomic E-state index is 0.481. The zero-order valence-electron chi connectivity index (χ0n) is 10.8. The number of fused-ring (bicyclic) bond motifs is 1. The van der Waals surface area contributed by atoms with Gasteiger partial charge in [-0.3, -0.25) is 11.3 Å². The van der Waals surface area contributed by atoms with Gasteiger partial charge in [-0.05, 0) is 36.3 Å². The predicted molar refractivity (Wildman–Crippen MR) is 72.6 cm³/mol. The van der Waals surface area contributed by atoms with Gasteiger partial charge in [-0.1, -0.05) is 50.5 Å². The van der Waals surface area contributed by atoms with Gasteiger partial charge >= 0.3 is 0 Å². The highest BCUT2D eigenvalue weighted by Gasteiger charge is 2.27. The fourth-order valence-corrected chi connectivity index (χ4v) is 2.95. The Morgan fingerprint density at radius 2 is 1.88 bits per heavy atom. The molecule has 0 saturated heterocycles. The van der Waals surface area contributed by atoms with Crippen LogP contribution in [0.5, 0.6) is 0 Å². The van der Waals surface area contributed by atoms with Gasteiger partial charge in [0, 0.05) is 6.04 Å². The van der Waals surface area contributed by atoms with Crippen molar-refractivity contribution in [1.82, 2.24) is 5.43 Å². The molecule has 0 aliphatic heterocycles. The highest BCUT2D eigenvalue weighted by molar-refractivity contribution is 5.32. The fourth-order valence-electron chi connectivity index (χ4n) is 2.95. The Morgan fingerprint density at radius 3 is 2.41 bits per heavy atom. The molecule has 0 amide bonds. The van der Waals surface area contributed by atoms with E-state index >= 15 is 0 Å². The molecule has 0 saturated carbocycles. The maximum atomic E-state index is 5.72. The minimum atomic E-state index is 0.481. The van der Waals surface area contributed by atoms with Gasteiger partial charge in [0.2, 0.25) is 0 Å². The molecule has 0 fully saturated rings. The summed E-state index contributed by atoms with van der Waals surface area (Å²) < 4.78 is 0. The number of hydrogen-bond acceptors (Lipinski definition) is 2. The summed E-state index contributed by atoms with van der Waals surface area (Å²) in [5, 5.41) is 0. The van der Waals surface area contributed by atoms with Crippen LogP contribution in [0.4, 0.5) is 0 Å². The summed E-state index contributed by atoms with van der Waals surface area (Å²) in [4.78, 5) is 0. The van der Waals surface area contributed by atoms with Crippen LogP contribution >= 0.6 is 0 Å². The molecule has 0 heterocycles. The summed E-state index contributed by atoms with van der Waals surface area (Å²) >= 11 is 0. The lowest BCUT2D eigenvalue weighted by atomic mass is 9.92. The number of nitrogens with one attached hydrogen (secondary N) is 1. The second-order valence-corrected chi connectivity index (χ2v) is 5.21. The van der Waals surface area contributed by atoms with Crippen molar-refractivity contribution < 1.29 is 0 Å². The lowest BCUT2D eigenvalue weighted by Crippen LogP contribution is -2.41. The van der Waals surface area contributed by atoms with Crippen molar-refractivity contribution in [2.24, 2.45) is 11.8 Å². The van der Waals surface area contributed by atoms with E-state index in [0.717, 1.165) is 0 Å². The van der Waals surface area contributed by atoms with Crippen molar-refractivity contribution in [3.05, 3.63) is 35.4 Å². The molecule has 1 aliphatic carbocycles. The standard InChI is InChI=1S/C15H24N2/c1-2-3-4-9-15(17-16)14-10-12-7-5-6-8-13(12)11-14/h5-8,14-15,17H,2-4,9-11,16H2,1H3. The first kappa shape index (κ1) is 12.6. The molecule has 1 atom stereocenters. The zero-order chi connectivity index (χ0) is 12.1. The molecule has 2 rings (SSSR count). The Morgan fingerprint density at radius 1 is 1.24 bits per heavy atom. The van der Waals surface area contributed by atoms with Crippen LogP contribution in [0, 0.1) is 5.92 Å². The Balaban J connectivity index is 1.91. The maximum Gasteiger partial charge on any atom is 0.0245 e. The van der Waals surface area contributed by atoms with Gasteiger partial charge in [0.15, 0.2) is 0 Å². The van der Waals surface area contributed by atoms with Gasteiger partial charge in [0.05, 0.1) is 0 Å². The average molecular weight is 232 g/mol. The Kier molecular flexibility index (Phi) is 4.57. The Bertz CT molecular complexity index is 324. The molecule has 17 heavy (non-hydrogen) atoms. The first-order valence-corrected chi connectivity index (χ1v) is 6.88. The molecule has 2 heteroatoms. The van der Waals surface area contributed by atoms with Crippen molar-refractivity contribution in [2.45, 2.75) is 51.5 Å². The summed E-state index contributed by atoms with van der Waals surface area (Å²) in [6.07, 6.45) is 7.48. The van der Waals surface area contributed by atoms with Gasteiger partial charge in [-0.25, -0.2) is 0 Å². The van der Waals surface area contributed by atoms with E-state index in [1.54, 1.807) is 0 Å². The second-order valence-electron chi connectivity index (χ2n) is 5.21. The maximum absolute atomic E-state index is 5.72. The van der Waals surface area contributed by atoms with E-state index in [1.165, 1.54) is 49.7 Å². The van der Waals surface area contributed by atoms with Crippen molar-refractivity contribution in [2.75, 3.05) is 0 Å². The molecule has 0 bridgehead atoms. The number of hydrazine groups is 1. The molecule has 0 aromatic heterocycles. The van der Waals surface area contributed by atoms with E-state index in [9.17, 15) is 0 Å².